The topological polar surface area (TPSA) is 68.2 Å². The molecule has 7 aliphatic rings. The molecule has 0 bridgehead atoms. The Kier molecular flexibility index (Phi) is 9.00. The van der Waals surface area contributed by atoms with Gasteiger partial charge in [-0.25, -0.2) is 0 Å². The minimum Gasteiger partial charge on any atom is -1.00 e. The summed E-state index contributed by atoms with van der Waals surface area (Å²) in [6, 6.07) is 0.617. The quantitative estimate of drug-likeness (QED) is 0.275. The molecule has 244 valence electrons. The van der Waals surface area contributed by atoms with Crippen molar-refractivity contribution in [3.63, 3.8) is 0 Å². The molecule has 8 heteroatoms. The van der Waals surface area contributed by atoms with Gasteiger partial charge < -0.3 is 40.8 Å². The first-order valence-electron chi connectivity index (χ1n) is 17.5. The van der Waals surface area contributed by atoms with Crippen LogP contribution in [-0.4, -0.2) is 96.5 Å². The maximum absolute atomic E-state index is 12.3. The Hall–Kier alpha value is -0.510. The number of fused-ring (bicyclic) bond motifs is 5. The number of halogens is 1. The van der Waals surface area contributed by atoms with Crippen molar-refractivity contribution in [1.82, 2.24) is 4.90 Å². The summed E-state index contributed by atoms with van der Waals surface area (Å²) in [6.45, 7) is 17.5. The lowest BCUT2D eigenvalue weighted by atomic mass is 9.44. The maximum atomic E-state index is 12.3. The number of hydrogen-bond donors (Lipinski definition) is 1. The van der Waals surface area contributed by atoms with Crippen molar-refractivity contribution in [2.75, 3.05) is 45.9 Å². The van der Waals surface area contributed by atoms with Gasteiger partial charge in [0.15, 0.2) is 5.79 Å². The van der Waals surface area contributed by atoms with Gasteiger partial charge in [0.05, 0.1) is 32.8 Å². The van der Waals surface area contributed by atoms with Crippen molar-refractivity contribution in [3.05, 3.63) is 12.7 Å². The first kappa shape index (κ1) is 32.4. The van der Waals surface area contributed by atoms with Crippen LogP contribution in [-0.2, 0) is 19.0 Å². The molecule has 3 saturated heterocycles. The number of aliphatic hydroxyl groups excluding tert-OH is 1. The van der Waals surface area contributed by atoms with Crippen molar-refractivity contribution >= 4 is 5.97 Å². The second kappa shape index (κ2) is 11.9. The number of carbonyl (C=O) groups excluding carboxylic acids is 1. The van der Waals surface area contributed by atoms with Crippen LogP contribution in [0.15, 0.2) is 12.7 Å². The van der Waals surface area contributed by atoms with Crippen LogP contribution in [0.25, 0.3) is 0 Å². The molecule has 7 fully saturated rings. The van der Waals surface area contributed by atoms with Crippen LogP contribution in [0.3, 0.4) is 0 Å². The fourth-order valence-electron chi connectivity index (χ4n) is 12.3. The normalized spacial score (nSPS) is 46.8. The highest BCUT2D eigenvalue weighted by molar-refractivity contribution is 5.66. The Labute approximate surface area is 270 Å². The summed E-state index contributed by atoms with van der Waals surface area (Å²) >= 11 is 0. The summed E-state index contributed by atoms with van der Waals surface area (Å²) in [6.07, 6.45) is 14.4. The number of aliphatic hydroxyl groups is 1. The number of esters is 1. The fraction of sp³-hybridized carbons (Fsp3) is 0.914. The predicted octanol–water partition coefficient (Wildman–Crippen LogP) is 1.92. The van der Waals surface area contributed by atoms with Crippen molar-refractivity contribution in [1.29, 1.82) is 0 Å². The van der Waals surface area contributed by atoms with Crippen molar-refractivity contribution < 1.29 is 45.6 Å². The van der Waals surface area contributed by atoms with E-state index in [0.29, 0.717) is 42.9 Å². The fourth-order valence-corrected chi connectivity index (χ4v) is 12.3. The number of ether oxygens (including phenoxy) is 3. The van der Waals surface area contributed by atoms with Gasteiger partial charge in [0.25, 0.3) is 0 Å². The highest BCUT2D eigenvalue weighted by Gasteiger charge is 2.66. The highest BCUT2D eigenvalue weighted by Crippen LogP contribution is 2.67. The molecular weight excluding hydrogens is 608 g/mol. The number of rotatable bonds is 5. The van der Waals surface area contributed by atoms with E-state index in [1.807, 2.05) is 0 Å². The molecule has 1 N–H and O–H groups in total. The van der Waals surface area contributed by atoms with Crippen LogP contribution in [0.5, 0.6) is 0 Å². The van der Waals surface area contributed by atoms with Crippen LogP contribution < -0.4 is 17.0 Å². The molecule has 0 aromatic carbocycles. The minimum absolute atomic E-state index is 0. The van der Waals surface area contributed by atoms with Crippen LogP contribution in [0.2, 0.25) is 0 Å². The first-order valence-corrected chi connectivity index (χ1v) is 17.5. The number of quaternary nitrogens is 1. The minimum atomic E-state index is -0.390. The van der Waals surface area contributed by atoms with Gasteiger partial charge in [0.1, 0.15) is 18.2 Å². The smallest absolute Gasteiger partial charge is 0.302 e. The molecule has 7 rings (SSSR count). The third-order valence-electron chi connectivity index (χ3n) is 14.4. The number of piperidine rings is 1. The SMILES string of the molecule is C=CC[N+]1(C2C[C@H]3[C@@H]4CCC5CC(OC(C)=O)C(N6CCC7(CC6)OCCO7)C[C@]5(C)[C@@H]4CC[C@]3(C)C2O)CCCC1.[Br-]. The van der Waals surface area contributed by atoms with Gasteiger partial charge in [-0.3, -0.25) is 9.69 Å². The Balaban J connectivity index is 0.00000329. The standard InChI is InChI=1S/C35H57N2O5.BrH/c1-5-16-37(17-6-7-18-37)30-22-28-26-9-8-25-21-31(42-24(2)38)29(36-14-12-35(13-15-36)40-19-20-41-35)23-34(25,4)27(26)10-11-33(28,3)32(30)39;/h5,25-32,39H,1,6-23H2,2-4H3;1H/q+1;/p-1/t25?,26-,27-,28+,29?,30?,31?,32?,33+,34+;/m1./s1. The Morgan fingerprint density at radius 2 is 1.72 bits per heavy atom. The summed E-state index contributed by atoms with van der Waals surface area (Å²) in [4.78, 5) is 14.9. The van der Waals surface area contributed by atoms with Crippen molar-refractivity contribution in [2.45, 2.75) is 121 Å². The Bertz CT molecular complexity index is 1040. The molecule has 0 aromatic rings. The zero-order valence-corrected chi connectivity index (χ0v) is 28.6. The molecule has 3 aliphatic heterocycles. The zero-order valence-electron chi connectivity index (χ0n) is 27.0. The summed E-state index contributed by atoms with van der Waals surface area (Å²) in [5.74, 6) is 2.04. The van der Waals surface area contributed by atoms with E-state index < -0.39 is 0 Å². The molecular formula is C35H57BrN2O5. The predicted molar refractivity (Wildman–Crippen MR) is 161 cm³/mol. The average Bonchev–Trinajstić information content (AvgIpc) is 3.69. The van der Waals surface area contributed by atoms with Gasteiger partial charge in [0.2, 0.25) is 0 Å². The van der Waals surface area contributed by atoms with E-state index in [9.17, 15) is 9.90 Å². The Morgan fingerprint density at radius 3 is 2.37 bits per heavy atom. The largest absolute Gasteiger partial charge is 1.00 e. The third kappa shape index (κ3) is 5.21. The molecule has 0 amide bonds. The van der Waals surface area contributed by atoms with E-state index in [4.69, 9.17) is 14.2 Å². The molecule has 1 spiro atoms. The number of likely N-dealkylation sites (tertiary alicyclic amines) is 2. The first-order chi connectivity index (χ1) is 20.1. The van der Waals surface area contributed by atoms with Crippen LogP contribution in [0.1, 0.15) is 91.4 Å². The highest BCUT2D eigenvalue weighted by atomic mass is 79.9. The third-order valence-corrected chi connectivity index (χ3v) is 14.4. The van der Waals surface area contributed by atoms with Gasteiger partial charge in [-0.15, -0.1) is 0 Å². The number of carbonyl (C=O) groups is 1. The van der Waals surface area contributed by atoms with Crippen LogP contribution in [0, 0.1) is 34.5 Å². The van der Waals surface area contributed by atoms with Gasteiger partial charge in [-0.1, -0.05) is 20.4 Å². The monoisotopic (exact) mass is 664 g/mol. The average molecular weight is 666 g/mol. The summed E-state index contributed by atoms with van der Waals surface area (Å²) in [7, 11) is 0. The molecule has 3 heterocycles. The van der Waals surface area contributed by atoms with Gasteiger partial charge in [-0.05, 0) is 73.7 Å². The van der Waals surface area contributed by atoms with E-state index in [2.05, 4.69) is 31.4 Å². The van der Waals surface area contributed by atoms with E-state index >= 15 is 0 Å². The molecule has 4 aliphatic carbocycles. The van der Waals surface area contributed by atoms with E-state index in [1.165, 1.54) is 51.6 Å². The number of nitrogens with zero attached hydrogens (tertiary/aromatic N) is 2. The molecule has 5 unspecified atom stereocenters. The molecule has 43 heavy (non-hydrogen) atoms. The number of hydrogen-bond acceptors (Lipinski definition) is 6. The Morgan fingerprint density at radius 1 is 1.02 bits per heavy atom. The molecule has 4 saturated carbocycles. The lowest BCUT2D eigenvalue weighted by Gasteiger charge is -2.62. The van der Waals surface area contributed by atoms with Crippen molar-refractivity contribution in [2.24, 2.45) is 34.5 Å². The van der Waals surface area contributed by atoms with E-state index in [-0.39, 0.29) is 57.8 Å². The molecule has 0 radical (unpaired) electrons. The zero-order chi connectivity index (χ0) is 29.3. The van der Waals surface area contributed by atoms with Crippen molar-refractivity contribution in [3.8, 4) is 0 Å². The maximum Gasteiger partial charge on any atom is 0.302 e. The summed E-state index contributed by atoms with van der Waals surface area (Å²) in [5, 5.41) is 12.1. The summed E-state index contributed by atoms with van der Waals surface area (Å²) in [5.41, 5.74) is 0.270. The van der Waals surface area contributed by atoms with Gasteiger partial charge in [-0.2, -0.15) is 0 Å². The summed E-state index contributed by atoms with van der Waals surface area (Å²) < 4.78 is 19.3. The van der Waals surface area contributed by atoms with Gasteiger partial charge >= 0.3 is 5.97 Å². The van der Waals surface area contributed by atoms with E-state index in [0.717, 1.165) is 56.2 Å². The second-order valence-corrected chi connectivity index (χ2v) is 16.1. The van der Waals surface area contributed by atoms with Crippen LogP contribution >= 0.6 is 0 Å². The molecule has 0 aromatic heterocycles. The lowest BCUT2D eigenvalue weighted by molar-refractivity contribution is -0.938. The van der Waals surface area contributed by atoms with Gasteiger partial charge in [0, 0.05) is 63.6 Å². The molecule has 10 atom stereocenters. The van der Waals surface area contributed by atoms with E-state index in [1.54, 1.807) is 6.92 Å². The molecule has 7 nitrogen and oxygen atoms in total. The van der Waals surface area contributed by atoms with Crippen LogP contribution in [0.4, 0.5) is 0 Å². The lowest BCUT2D eigenvalue weighted by Crippen LogP contribution is -3.00. The second-order valence-electron chi connectivity index (χ2n) is 16.1.